The van der Waals surface area contributed by atoms with Crippen LogP contribution in [0.4, 0.5) is 26.3 Å². The molecule has 0 aliphatic carbocycles. The van der Waals surface area contributed by atoms with Gasteiger partial charge in [-0.25, -0.2) is 4.98 Å². The van der Waals surface area contributed by atoms with Gasteiger partial charge < -0.3 is 9.90 Å². The number of carboxylic acids is 1. The summed E-state index contributed by atoms with van der Waals surface area (Å²) in [5.74, 6) is -2.18. The number of pyridine rings is 1. The maximum atomic E-state index is 13.3. The molecule has 0 N–H and O–H groups in total. The van der Waals surface area contributed by atoms with E-state index in [1.54, 1.807) is 13.8 Å². The van der Waals surface area contributed by atoms with Crippen molar-refractivity contribution in [3.8, 4) is 11.3 Å². The molecular weight excluding hydrogens is 415 g/mol. The van der Waals surface area contributed by atoms with E-state index < -0.39 is 35.1 Å². The van der Waals surface area contributed by atoms with E-state index in [0.29, 0.717) is 0 Å². The molecule has 0 atom stereocenters. The van der Waals surface area contributed by atoms with Crippen LogP contribution in [-0.4, -0.2) is 11.0 Å². The Bertz CT molecular complexity index is 845. The molecule has 3 nitrogen and oxygen atoms in total. The minimum Gasteiger partial charge on any atom is -0.545 e. The smallest absolute Gasteiger partial charge is 0.545 e. The van der Waals surface area contributed by atoms with Crippen LogP contribution in [-0.2, 0) is 18.8 Å². The predicted molar refractivity (Wildman–Crippen MR) is 82.5 cm³/mol. The zero-order chi connectivity index (χ0) is 20.6. The van der Waals surface area contributed by atoms with Crippen LogP contribution in [0.3, 0.4) is 0 Å². The Morgan fingerprint density at radius 2 is 1.57 bits per heavy atom. The molecule has 2 aromatic rings. The summed E-state index contributed by atoms with van der Waals surface area (Å²) in [6.45, 7) is 3.37. The molecule has 2 rings (SSSR count). The molecule has 146 valence electrons. The number of aromatic nitrogens is 1. The summed E-state index contributed by atoms with van der Waals surface area (Å²) in [5, 5.41) is 11.3. The van der Waals surface area contributed by atoms with Crippen molar-refractivity contribution in [1.29, 1.82) is 0 Å². The van der Waals surface area contributed by atoms with Gasteiger partial charge in [0.05, 0.1) is 17.2 Å². The van der Waals surface area contributed by atoms with Gasteiger partial charge in [0.25, 0.3) is 0 Å². The molecule has 0 aliphatic rings. The largest absolute Gasteiger partial charge is 1.00 e. The van der Waals surface area contributed by atoms with Gasteiger partial charge in [0, 0.05) is 11.1 Å². The van der Waals surface area contributed by atoms with E-state index in [-0.39, 0.29) is 80.5 Å². The molecule has 28 heavy (non-hydrogen) atoms. The standard InChI is InChI=1S/C18H15F6NO2.K/c1-9(2)7-11-8-13(10-3-5-12(6-4-10)17(19,20)21)25-15(18(22,23)24)14(11)16(26)27;/h3-6,8-9H,7H2,1-2H3,(H,26,27);/q;+1/p-1. The first-order chi connectivity index (χ1) is 12.3. The molecule has 0 saturated carbocycles. The Morgan fingerprint density at radius 3 is 1.96 bits per heavy atom. The molecule has 0 radical (unpaired) electrons. The van der Waals surface area contributed by atoms with E-state index in [1.807, 2.05) is 0 Å². The number of nitrogens with zero attached hydrogens (tertiary/aromatic N) is 1. The van der Waals surface area contributed by atoms with Crippen LogP contribution < -0.4 is 56.5 Å². The molecule has 0 spiro atoms. The van der Waals surface area contributed by atoms with Crippen molar-refractivity contribution in [3.05, 3.63) is 52.7 Å². The number of benzene rings is 1. The molecule has 1 aromatic carbocycles. The third kappa shape index (κ3) is 6.03. The molecule has 0 saturated heterocycles. The minimum atomic E-state index is -5.07. The third-order valence-electron chi connectivity index (χ3n) is 3.71. The maximum absolute atomic E-state index is 13.3. The molecule has 0 unspecified atom stereocenters. The van der Waals surface area contributed by atoms with Gasteiger partial charge in [-0.05, 0) is 36.1 Å². The van der Waals surface area contributed by atoms with Crippen molar-refractivity contribution in [2.75, 3.05) is 0 Å². The van der Waals surface area contributed by atoms with Gasteiger partial charge in [-0.15, -0.1) is 0 Å². The van der Waals surface area contributed by atoms with Gasteiger partial charge in [-0.2, -0.15) is 26.3 Å². The summed E-state index contributed by atoms with van der Waals surface area (Å²) < 4.78 is 78.0. The van der Waals surface area contributed by atoms with E-state index in [4.69, 9.17) is 0 Å². The summed E-state index contributed by atoms with van der Waals surface area (Å²) in [7, 11) is 0. The number of carbonyl (C=O) groups is 1. The average Bonchev–Trinajstić information content (AvgIpc) is 2.51. The van der Waals surface area contributed by atoms with Crippen LogP contribution in [0.1, 0.15) is 41.0 Å². The molecule has 0 fully saturated rings. The SMILES string of the molecule is CC(C)Cc1cc(-c2ccc(C(F)(F)F)cc2)nc(C(F)(F)F)c1C(=O)[O-].[K+]. The zero-order valence-electron chi connectivity index (χ0n) is 15.2. The normalized spacial score (nSPS) is 12.0. The first-order valence-electron chi connectivity index (χ1n) is 7.80. The molecule has 0 bridgehead atoms. The van der Waals surface area contributed by atoms with Crippen molar-refractivity contribution in [2.45, 2.75) is 32.6 Å². The fraction of sp³-hybridized carbons (Fsp3) is 0.333. The third-order valence-corrected chi connectivity index (χ3v) is 3.71. The Hall–Kier alpha value is -0.944. The van der Waals surface area contributed by atoms with Gasteiger partial charge in [-0.1, -0.05) is 26.0 Å². The predicted octanol–water partition coefficient (Wildman–Crippen LogP) is 1.35. The van der Waals surface area contributed by atoms with Crippen LogP contribution in [0.15, 0.2) is 30.3 Å². The second-order valence-electron chi connectivity index (χ2n) is 6.35. The zero-order valence-corrected chi connectivity index (χ0v) is 18.3. The van der Waals surface area contributed by atoms with Crippen molar-refractivity contribution in [1.82, 2.24) is 4.98 Å². The number of halogens is 6. The Kier molecular flexibility index (Phi) is 8.29. The Labute approximate surface area is 199 Å². The van der Waals surface area contributed by atoms with Crippen molar-refractivity contribution in [3.63, 3.8) is 0 Å². The van der Waals surface area contributed by atoms with E-state index in [2.05, 4.69) is 4.98 Å². The second-order valence-corrected chi connectivity index (χ2v) is 6.35. The van der Waals surface area contributed by atoms with Gasteiger partial charge in [0.2, 0.25) is 0 Å². The van der Waals surface area contributed by atoms with Gasteiger partial charge >= 0.3 is 63.7 Å². The first kappa shape index (κ1) is 25.1. The van der Waals surface area contributed by atoms with Gasteiger partial charge in [0.15, 0.2) is 5.69 Å². The quantitative estimate of drug-likeness (QED) is 0.545. The average molecular weight is 429 g/mol. The molecule has 0 aliphatic heterocycles. The molecular formula is C18H14F6KNO2. The van der Waals surface area contributed by atoms with Crippen LogP contribution >= 0.6 is 0 Å². The van der Waals surface area contributed by atoms with E-state index in [9.17, 15) is 36.2 Å². The second kappa shape index (κ2) is 9.25. The molecule has 1 aromatic heterocycles. The number of hydrogen-bond donors (Lipinski definition) is 0. The van der Waals surface area contributed by atoms with Crippen LogP contribution in [0.5, 0.6) is 0 Å². The fourth-order valence-corrected chi connectivity index (χ4v) is 2.61. The Morgan fingerprint density at radius 1 is 1.04 bits per heavy atom. The minimum absolute atomic E-state index is 0. The number of carboxylic acid groups (broad SMARTS) is 1. The van der Waals surface area contributed by atoms with E-state index >= 15 is 0 Å². The summed E-state index contributed by atoms with van der Waals surface area (Å²) >= 11 is 0. The van der Waals surface area contributed by atoms with Gasteiger partial charge in [-0.3, -0.25) is 0 Å². The number of aromatic carboxylic acids is 1. The van der Waals surface area contributed by atoms with Crippen LogP contribution in [0, 0.1) is 5.92 Å². The maximum Gasteiger partial charge on any atom is 1.00 e. The Balaban J connectivity index is 0.00000392. The van der Waals surface area contributed by atoms with Crippen molar-refractivity contribution < 1.29 is 87.6 Å². The topological polar surface area (TPSA) is 53.0 Å². The van der Waals surface area contributed by atoms with Crippen LogP contribution in [0.2, 0.25) is 0 Å². The summed E-state index contributed by atoms with van der Waals surface area (Å²) in [6.07, 6.45) is -9.66. The molecule has 10 heteroatoms. The number of rotatable bonds is 4. The summed E-state index contributed by atoms with van der Waals surface area (Å²) in [4.78, 5) is 14.7. The monoisotopic (exact) mass is 429 g/mol. The van der Waals surface area contributed by atoms with E-state index in [0.717, 1.165) is 30.3 Å². The van der Waals surface area contributed by atoms with Gasteiger partial charge in [0.1, 0.15) is 0 Å². The fourth-order valence-electron chi connectivity index (χ4n) is 2.61. The molecule has 0 amide bonds. The number of hydrogen-bond acceptors (Lipinski definition) is 3. The van der Waals surface area contributed by atoms with Crippen molar-refractivity contribution >= 4 is 5.97 Å². The summed E-state index contributed by atoms with van der Waals surface area (Å²) in [5.41, 5.74) is -4.04. The number of carbonyl (C=O) groups excluding carboxylic acids is 1. The molecule has 1 heterocycles. The van der Waals surface area contributed by atoms with Crippen LogP contribution in [0.25, 0.3) is 11.3 Å². The number of alkyl halides is 6. The van der Waals surface area contributed by atoms with E-state index in [1.165, 1.54) is 0 Å². The van der Waals surface area contributed by atoms with Crippen molar-refractivity contribution in [2.24, 2.45) is 5.92 Å². The summed E-state index contributed by atoms with van der Waals surface area (Å²) in [6, 6.07) is 4.56. The first-order valence-corrected chi connectivity index (χ1v) is 7.80.